The van der Waals surface area contributed by atoms with Gasteiger partial charge in [-0.05, 0) is 80.7 Å². The predicted molar refractivity (Wildman–Crippen MR) is 248 cm³/mol. The molecule has 0 saturated carbocycles. The van der Waals surface area contributed by atoms with Crippen LogP contribution in [-0.2, 0) is 53.0 Å². The van der Waals surface area contributed by atoms with Gasteiger partial charge in [0.05, 0.1) is 24.0 Å². The SMILES string of the molecule is CCCC(C)SCC(=O)NC(CCC(=O)NCc1ccc(CNC(=O)[C@@H]2Cc3ccc(cc3)OCCC[C@H](C(=O)NO)[C@@H](CC(C)C)C(=O)N2)cc1)CNC(=O)CSC(C)OCC. The van der Waals surface area contributed by atoms with Crippen LogP contribution >= 0.6 is 23.5 Å². The van der Waals surface area contributed by atoms with Crippen molar-refractivity contribution < 1.29 is 43.4 Å². The molecule has 6 atom stereocenters. The van der Waals surface area contributed by atoms with Crippen molar-refractivity contribution in [3.63, 3.8) is 0 Å². The number of rotatable bonds is 24. The number of thioether (sulfide) groups is 2. The number of hydrogen-bond acceptors (Lipinski definition) is 11. The maximum Gasteiger partial charge on any atom is 0.247 e. The molecule has 0 fully saturated rings. The van der Waals surface area contributed by atoms with Gasteiger partial charge in [-0.1, -0.05) is 70.5 Å². The molecule has 2 heterocycles. The first kappa shape index (κ1) is 53.0. The molecule has 0 aromatic heterocycles. The number of hydroxylamine groups is 1. The van der Waals surface area contributed by atoms with Gasteiger partial charge >= 0.3 is 0 Å². The lowest BCUT2D eigenvalue weighted by molar-refractivity contribution is -0.142. The molecular weight excluding hydrogens is 845 g/mol. The minimum Gasteiger partial charge on any atom is -0.494 e. The minimum absolute atomic E-state index is 0.0654. The number of carbonyl (C=O) groups is 6. The number of benzene rings is 2. The molecule has 15 nitrogen and oxygen atoms in total. The van der Waals surface area contributed by atoms with Crippen molar-refractivity contribution in [3.05, 3.63) is 65.2 Å². The lowest BCUT2D eigenvalue weighted by atomic mass is 9.81. The molecule has 17 heteroatoms. The highest BCUT2D eigenvalue weighted by molar-refractivity contribution is 8.00. The van der Waals surface area contributed by atoms with Crippen molar-refractivity contribution in [1.29, 1.82) is 0 Å². The van der Waals surface area contributed by atoms with Crippen molar-refractivity contribution in [1.82, 2.24) is 32.1 Å². The smallest absolute Gasteiger partial charge is 0.247 e. The second-order valence-corrected chi connectivity index (χ2v) is 19.1. The Morgan fingerprint density at radius 3 is 2.14 bits per heavy atom. The average Bonchev–Trinajstić information content (AvgIpc) is 3.26. The molecule has 6 amide bonds. The van der Waals surface area contributed by atoms with Gasteiger partial charge in [0.25, 0.3) is 0 Å². The summed E-state index contributed by atoms with van der Waals surface area (Å²) in [5, 5.41) is 24.6. The molecular formula is C46H70N6O9S2. The summed E-state index contributed by atoms with van der Waals surface area (Å²) in [5.41, 5.74) is 4.07. The molecule has 0 aliphatic carbocycles. The van der Waals surface area contributed by atoms with Crippen LogP contribution in [0.2, 0.25) is 0 Å². The topological polar surface area (TPSA) is 213 Å². The van der Waals surface area contributed by atoms with Crippen molar-refractivity contribution in [2.24, 2.45) is 17.8 Å². The van der Waals surface area contributed by atoms with Crippen molar-refractivity contribution in [2.75, 3.05) is 31.3 Å². The second-order valence-electron chi connectivity index (χ2n) is 16.4. The lowest BCUT2D eigenvalue weighted by Crippen LogP contribution is -2.51. The Morgan fingerprint density at radius 1 is 0.841 bits per heavy atom. The van der Waals surface area contributed by atoms with E-state index in [2.05, 4.69) is 40.4 Å². The fraction of sp³-hybridized carbons (Fsp3) is 0.609. The van der Waals surface area contributed by atoms with E-state index in [-0.39, 0.29) is 67.3 Å². The van der Waals surface area contributed by atoms with Crippen LogP contribution < -0.4 is 36.8 Å². The second kappa shape index (κ2) is 29.2. The summed E-state index contributed by atoms with van der Waals surface area (Å²) < 4.78 is 11.3. The van der Waals surface area contributed by atoms with Crippen molar-refractivity contribution in [3.8, 4) is 5.75 Å². The summed E-state index contributed by atoms with van der Waals surface area (Å²) in [4.78, 5) is 78.8. The van der Waals surface area contributed by atoms with E-state index in [4.69, 9.17) is 9.47 Å². The zero-order chi connectivity index (χ0) is 46.1. The highest BCUT2D eigenvalue weighted by Crippen LogP contribution is 2.27. The van der Waals surface area contributed by atoms with Gasteiger partial charge in [-0.15, -0.1) is 23.5 Å². The molecule has 2 bridgehead atoms. The summed E-state index contributed by atoms with van der Waals surface area (Å²) in [6.45, 7) is 13.4. The van der Waals surface area contributed by atoms with Gasteiger partial charge in [-0.3, -0.25) is 34.0 Å². The number of amides is 6. The summed E-state index contributed by atoms with van der Waals surface area (Å²) in [6.07, 6.45) is 3.90. The normalized spacial score (nSPS) is 18.2. The van der Waals surface area contributed by atoms with E-state index in [1.807, 2.05) is 76.2 Å². The van der Waals surface area contributed by atoms with Crippen molar-refractivity contribution >= 4 is 59.0 Å². The first-order chi connectivity index (χ1) is 30.2. The molecule has 3 unspecified atom stereocenters. The summed E-state index contributed by atoms with van der Waals surface area (Å²) in [7, 11) is 0. The number of fused-ring (bicyclic) bond motifs is 11. The maximum atomic E-state index is 13.9. The van der Waals surface area contributed by atoms with Gasteiger partial charge in [-0.25, -0.2) is 5.48 Å². The molecule has 0 radical (unpaired) electrons. The van der Waals surface area contributed by atoms with Gasteiger partial charge < -0.3 is 36.1 Å². The molecule has 0 saturated heterocycles. The molecule has 2 aromatic carbocycles. The molecule has 350 valence electrons. The van der Waals surface area contributed by atoms with E-state index in [9.17, 15) is 34.0 Å². The van der Waals surface area contributed by atoms with Gasteiger partial charge in [0.2, 0.25) is 35.4 Å². The summed E-state index contributed by atoms with van der Waals surface area (Å²) in [5.74, 6) is -2.35. The fourth-order valence-electron chi connectivity index (χ4n) is 7.15. The Kier molecular flexibility index (Phi) is 24.6. The van der Waals surface area contributed by atoms with Gasteiger partial charge in [-0.2, -0.15) is 0 Å². The van der Waals surface area contributed by atoms with Crippen LogP contribution in [0.4, 0.5) is 0 Å². The highest BCUT2D eigenvalue weighted by Gasteiger charge is 2.36. The number of ether oxygens (including phenoxy) is 2. The molecule has 4 rings (SSSR count). The Bertz CT molecular complexity index is 1730. The zero-order valence-electron chi connectivity index (χ0n) is 37.8. The van der Waals surface area contributed by atoms with Gasteiger partial charge in [0, 0.05) is 56.3 Å². The summed E-state index contributed by atoms with van der Waals surface area (Å²) >= 11 is 2.97. The molecule has 2 aliphatic heterocycles. The van der Waals surface area contributed by atoms with Crippen molar-refractivity contribution in [2.45, 2.75) is 129 Å². The quantitative estimate of drug-likeness (QED) is 0.0422. The van der Waals surface area contributed by atoms with E-state index in [1.165, 1.54) is 11.8 Å². The predicted octanol–water partition coefficient (Wildman–Crippen LogP) is 5.02. The Labute approximate surface area is 381 Å². The van der Waals surface area contributed by atoms with E-state index in [1.54, 1.807) is 17.2 Å². The number of hydrogen-bond donors (Lipinski definition) is 7. The van der Waals surface area contributed by atoms with Gasteiger partial charge in [0.1, 0.15) is 17.2 Å². The summed E-state index contributed by atoms with van der Waals surface area (Å²) in [6, 6.07) is 13.4. The van der Waals surface area contributed by atoms with Crippen LogP contribution in [0.5, 0.6) is 5.75 Å². The van der Waals surface area contributed by atoms with Crippen LogP contribution in [0.3, 0.4) is 0 Å². The molecule has 2 aliphatic rings. The average molecular weight is 915 g/mol. The Hall–Kier alpha value is -4.32. The molecule has 2 aromatic rings. The Balaban J connectivity index is 1.58. The van der Waals surface area contributed by atoms with Crippen LogP contribution in [0.1, 0.15) is 103 Å². The standard InChI is InChI=1S/C46H70N6O9S2/c1-7-10-31(5)62-29-43(55)50-36(27-48-42(54)28-63-32(6)60-8-2)18-21-41(53)47-25-34-12-14-35(15-13-34)26-49-46(58)40-24-33-16-19-37(20-17-33)61-22-9-11-38(45(57)52-59)39(23-30(3)4)44(56)51-40/h12-17,19-20,30-32,36,38-40,59H,7-11,18,21-29H2,1-6H3,(H,47,53)(H,48,54)(H,49,58)(H,50,55)(H,51,56)(H,52,57)/t31?,32?,36?,38-,39+,40-/m0/s1. The van der Waals surface area contributed by atoms with E-state index in [0.717, 1.165) is 29.5 Å². The van der Waals surface area contributed by atoms with Crippen LogP contribution in [0.25, 0.3) is 0 Å². The monoisotopic (exact) mass is 914 g/mol. The fourth-order valence-corrected chi connectivity index (χ4v) is 8.79. The first-order valence-corrected chi connectivity index (χ1v) is 24.3. The molecule has 0 spiro atoms. The highest BCUT2D eigenvalue weighted by atomic mass is 32.2. The molecule has 63 heavy (non-hydrogen) atoms. The minimum atomic E-state index is -0.944. The third-order valence-corrected chi connectivity index (χ3v) is 12.8. The third-order valence-electron chi connectivity index (χ3n) is 10.6. The lowest BCUT2D eigenvalue weighted by Gasteiger charge is -2.29. The number of nitrogens with one attached hydrogen (secondary N) is 6. The van der Waals surface area contributed by atoms with E-state index >= 15 is 0 Å². The van der Waals surface area contributed by atoms with Crippen LogP contribution in [0.15, 0.2) is 48.5 Å². The zero-order valence-corrected chi connectivity index (χ0v) is 39.4. The third kappa shape index (κ3) is 20.8. The van der Waals surface area contributed by atoms with Crippen LogP contribution in [0, 0.1) is 17.8 Å². The number of carbonyl (C=O) groups excluding carboxylic acids is 6. The van der Waals surface area contributed by atoms with E-state index < -0.39 is 41.6 Å². The Morgan fingerprint density at radius 2 is 1.51 bits per heavy atom. The first-order valence-electron chi connectivity index (χ1n) is 22.2. The van der Waals surface area contributed by atoms with Gasteiger partial charge in [0.15, 0.2) is 0 Å². The molecule has 7 N–H and O–H groups in total. The maximum absolute atomic E-state index is 13.9. The van der Waals surface area contributed by atoms with Crippen LogP contribution in [-0.4, -0.2) is 94.7 Å². The van der Waals surface area contributed by atoms with E-state index in [0.29, 0.717) is 55.6 Å². The largest absolute Gasteiger partial charge is 0.494 e.